The number of likely N-dealkylation sites (N-methyl/N-ethyl adjacent to an activating group) is 1. The summed E-state index contributed by atoms with van der Waals surface area (Å²) in [6.45, 7) is 1.18. The highest BCUT2D eigenvalue weighted by Gasteiger charge is 2.21. The summed E-state index contributed by atoms with van der Waals surface area (Å²) >= 11 is 0. The molecule has 0 fully saturated rings. The summed E-state index contributed by atoms with van der Waals surface area (Å²) in [5, 5.41) is 0. The largest absolute Gasteiger partial charge is 0.464 e. The standard InChI is InChI=1S/C20H25NO2.ClH/c1-21(2)13-14-23-20(22)19(15-17-9-5-3-6-10-17)16-18-11-7-4-8-12-18;/h3-12,19H,13-16H2,1-2H3;1H. The summed E-state index contributed by atoms with van der Waals surface area (Å²) in [5.41, 5.74) is 2.33. The first-order valence-electron chi connectivity index (χ1n) is 8.04. The van der Waals surface area contributed by atoms with Gasteiger partial charge in [0, 0.05) is 6.54 Å². The average Bonchev–Trinajstić information content (AvgIpc) is 2.56. The number of hydrogen-bond donors (Lipinski definition) is 0. The molecule has 0 amide bonds. The fourth-order valence-electron chi connectivity index (χ4n) is 2.48. The van der Waals surface area contributed by atoms with Gasteiger partial charge in [0.15, 0.2) is 0 Å². The molecule has 0 saturated carbocycles. The molecule has 0 aliphatic heterocycles. The van der Waals surface area contributed by atoms with Crippen molar-refractivity contribution in [3.8, 4) is 0 Å². The van der Waals surface area contributed by atoms with Crippen molar-refractivity contribution in [2.24, 2.45) is 5.92 Å². The van der Waals surface area contributed by atoms with Crippen LogP contribution in [0.15, 0.2) is 60.7 Å². The molecule has 0 unspecified atom stereocenters. The minimum Gasteiger partial charge on any atom is -0.464 e. The summed E-state index contributed by atoms with van der Waals surface area (Å²) in [5.74, 6) is -0.262. The Balaban J connectivity index is 0.00000288. The molecule has 0 saturated heterocycles. The first kappa shape index (κ1) is 20.2. The quantitative estimate of drug-likeness (QED) is 0.683. The Bertz CT molecular complexity index is 546. The van der Waals surface area contributed by atoms with E-state index in [0.717, 1.165) is 17.7 Å². The molecule has 2 aromatic rings. The molecule has 2 aromatic carbocycles. The number of ether oxygens (including phenoxy) is 1. The minimum atomic E-state index is -0.151. The lowest BCUT2D eigenvalue weighted by molar-refractivity contribution is -0.148. The molecule has 0 atom stereocenters. The minimum absolute atomic E-state index is 0. The van der Waals surface area contributed by atoms with Crippen molar-refractivity contribution in [1.82, 2.24) is 4.90 Å². The van der Waals surface area contributed by atoms with E-state index in [2.05, 4.69) is 24.3 Å². The van der Waals surface area contributed by atoms with E-state index < -0.39 is 0 Å². The number of benzene rings is 2. The molecule has 0 bridgehead atoms. The first-order chi connectivity index (χ1) is 11.1. The van der Waals surface area contributed by atoms with Crippen LogP contribution in [0.3, 0.4) is 0 Å². The number of halogens is 1. The van der Waals surface area contributed by atoms with Crippen molar-refractivity contribution in [2.45, 2.75) is 12.8 Å². The maximum atomic E-state index is 12.5. The van der Waals surface area contributed by atoms with Crippen molar-refractivity contribution in [1.29, 1.82) is 0 Å². The van der Waals surface area contributed by atoms with Crippen LogP contribution in [-0.2, 0) is 22.4 Å². The van der Waals surface area contributed by atoms with Crippen LogP contribution in [-0.4, -0.2) is 38.1 Å². The highest BCUT2D eigenvalue weighted by Crippen LogP contribution is 2.16. The van der Waals surface area contributed by atoms with Crippen molar-refractivity contribution in [3.63, 3.8) is 0 Å². The second kappa shape index (κ2) is 10.8. The van der Waals surface area contributed by atoms with E-state index in [1.807, 2.05) is 55.4 Å². The number of rotatable bonds is 8. The zero-order valence-corrected chi connectivity index (χ0v) is 15.2. The maximum absolute atomic E-state index is 12.5. The van der Waals surface area contributed by atoms with Gasteiger partial charge < -0.3 is 9.64 Å². The van der Waals surface area contributed by atoms with Crippen LogP contribution < -0.4 is 0 Å². The highest BCUT2D eigenvalue weighted by molar-refractivity contribution is 5.85. The van der Waals surface area contributed by atoms with E-state index in [4.69, 9.17) is 4.74 Å². The lowest BCUT2D eigenvalue weighted by Gasteiger charge is -2.17. The van der Waals surface area contributed by atoms with Gasteiger partial charge in [-0.1, -0.05) is 60.7 Å². The molecule has 2 rings (SSSR count). The van der Waals surface area contributed by atoms with Gasteiger partial charge in [-0.2, -0.15) is 0 Å². The Morgan fingerprint density at radius 1 is 0.917 bits per heavy atom. The number of carbonyl (C=O) groups excluding carboxylic acids is 1. The van der Waals surface area contributed by atoms with Crippen LogP contribution in [0, 0.1) is 5.92 Å². The molecule has 130 valence electrons. The number of esters is 1. The van der Waals surface area contributed by atoms with E-state index in [1.54, 1.807) is 0 Å². The Hall–Kier alpha value is -1.84. The van der Waals surface area contributed by atoms with E-state index in [1.165, 1.54) is 0 Å². The van der Waals surface area contributed by atoms with E-state index in [0.29, 0.717) is 19.4 Å². The van der Waals surface area contributed by atoms with Gasteiger partial charge in [-0.15, -0.1) is 12.4 Å². The Labute approximate surface area is 151 Å². The molecule has 0 spiro atoms. The summed E-state index contributed by atoms with van der Waals surface area (Å²) in [6.07, 6.45) is 1.41. The summed E-state index contributed by atoms with van der Waals surface area (Å²) < 4.78 is 5.48. The third-order valence-electron chi connectivity index (χ3n) is 3.77. The van der Waals surface area contributed by atoms with Crippen LogP contribution in [0.1, 0.15) is 11.1 Å². The maximum Gasteiger partial charge on any atom is 0.309 e. The number of nitrogens with zero attached hydrogens (tertiary/aromatic N) is 1. The molecule has 4 heteroatoms. The van der Waals surface area contributed by atoms with Crippen molar-refractivity contribution < 1.29 is 9.53 Å². The third kappa shape index (κ3) is 7.16. The van der Waals surface area contributed by atoms with E-state index in [9.17, 15) is 4.79 Å². The van der Waals surface area contributed by atoms with E-state index >= 15 is 0 Å². The lowest BCUT2D eigenvalue weighted by atomic mass is 9.92. The average molecular weight is 348 g/mol. The molecule has 0 aliphatic carbocycles. The first-order valence-corrected chi connectivity index (χ1v) is 8.04. The second-order valence-corrected chi connectivity index (χ2v) is 6.05. The topological polar surface area (TPSA) is 29.5 Å². The van der Waals surface area contributed by atoms with Gasteiger partial charge in [-0.25, -0.2) is 0 Å². The predicted molar refractivity (Wildman–Crippen MR) is 101 cm³/mol. The van der Waals surface area contributed by atoms with Gasteiger partial charge in [-0.05, 0) is 38.1 Å². The molecule has 0 heterocycles. The van der Waals surface area contributed by atoms with Crippen molar-refractivity contribution in [2.75, 3.05) is 27.2 Å². The molecule has 0 N–H and O–H groups in total. The fraction of sp³-hybridized carbons (Fsp3) is 0.350. The molecule has 0 radical (unpaired) electrons. The number of carbonyl (C=O) groups is 1. The highest BCUT2D eigenvalue weighted by atomic mass is 35.5. The summed E-state index contributed by atoms with van der Waals surface area (Å²) in [4.78, 5) is 14.5. The smallest absolute Gasteiger partial charge is 0.309 e. The molecular formula is C20H26ClNO2. The van der Waals surface area contributed by atoms with Gasteiger partial charge in [0.25, 0.3) is 0 Å². The number of hydrogen-bond acceptors (Lipinski definition) is 3. The van der Waals surface area contributed by atoms with Gasteiger partial charge in [0.05, 0.1) is 5.92 Å². The van der Waals surface area contributed by atoms with Crippen molar-refractivity contribution >= 4 is 18.4 Å². The van der Waals surface area contributed by atoms with Gasteiger partial charge >= 0.3 is 5.97 Å². The SMILES string of the molecule is CN(C)CCOC(=O)C(Cc1ccccc1)Cc1ccccc1.Cl. The normalized spacial score (nSPS) is 10.5. The van der Waals surface area contributed by atoms with Crippen molar-refractivity contribution in [3.05, 3.63) is 71.8 Å². The predicted octanol–water partition coefficient (Wildman–Crippen LogP) is 3.61. The Morgan fingerprint density at radius 3 is 1.79 bits per heavy atom. The summed E-state index contributed by atoms with van der Waals surface area (Å²) in [6, 6.07) is 20.2. The zero-order chi connectivity index (χ0) is 16.5. The molecular weight excluding hydrogens is 322 g/mol. The molecule has 24 heavy (non-hydrogen) atoms. The zero-order valence-electron chi connectivity index (χ0n) is 14.4. The monoisotopic (exact) mass is 347 g/mol. The molecule has 3 nitrogen and oxygen atoms in total. The Morgan fingerprint density at radius 2 is 1.38 bits per heavy atom. The molecule has 0 aliphatic rings. The van der Waals surface area contributed by atoms with Gasteiger partial charge in [-0.3, -0.25) is 4.79 Å². The third-order valence-corrected chi connectivity index (χ3v) is 3.77. The van der Waals surface area contributed by atoms with Crippen LogP contribution >= 0.6 is 12.4 Å². The van der Waals surface area contributed by atoms with Crippen LogP contribution in [0.25, 0.3) is 0 Å². The van der Waals surface area contributed by atoms with Crippen LogP contribution in [0.4, 0.5) is 0 Å². The molecule has 0 aromatic heterocycles. The fourth-order valence-corrected chi connectivity index (χ4v) is 2.48. The summed E-state index contributed by atoms with van der Waals surface area (Å²) in [7, 11) is 3.94. The van der Waals surface area contributed by atoms with Crippen LogP contribution in [0.2, 0.25) is 0 Å². The Kier molecular flexibility index (Phi) is 9.13. The lowest BCUT2D eigenvalue weighted by Crippen LogP contribution is -2.26. The van der Waals surface area contributed by atoms with E-state index in [-0.39, 0.29) is 24.3 Å². The van der Waals surface area contributed by atoms with Crippen LogP contribution in [0.5, 0.6) is 0 Å². The second-order valence-electron chi connectivity index (χ2n) is 6.05. The van der Waals surface area contributed by atoms with Gasteiger partial charge in [0.1, 0.15) is 6.61 Å². The van der Waals surface area contributed by atoms with Gasteiger partial charge in [0.2, 0.25) is 0 Å².